The highest BCUT2D eigenvalue weighted by atomic mass is 35.5. The van der Waals surface area contributed by atoms with Crippen LogP contribution in [0.25, 0.3) is 0 Å². The lowest BCUT2D eigenvalue weighted by molar-refractivity contribution is -0.139. The highest BCUT2D eigenvalue weighted by molar-refractivity contribution is 7.89. The van der Waals surface area contributed by atoms with Gasteiger partial charge in [-0.1, -0.05) is 29.3 Å². The van der Waals surface area contributed by atoms with Crippen molar-refractivity contribution < 1.29 is 21.6 Å². The molecule has 0 fully saturated rings. The highest BCUT2D eigenvalue weighted by Gasteiger charge is 2.38. The van der Waals surface area contributed by atoms with Crippen molar-refractivity contribution in [1.82, 2.24) is 10.0 Å². The summed E-state index contributed by atoms with van der Waals surface area (Å²) in [6.07, 6.45) is -2.36. The molecule has 1 heterocycles. The smallest absolute Gasteiger partial charge is 0.313 e. The first-order valence-corrected chi connectivity index (χ1v) is 8.32. The Bertz CT molecular complexity index is 687. The molecule has 122 valence electrons. The third kappa shape index (κ3) is 4.01. The SMILES string of the molecule is O=S(=O)(NCC1=CCNCC1)c1c(Cl)cccc1C(F)(F)F. The normalized spacial score (nSPS) is 16.5. The van der Waals surface area contributed by atoms with Crippen molar-refractivity contribution in [3.8, 4) is 0 Å². The van der Waals surface area contributed by atoms with Crippen LogP contribution in [0.15, 0.2) is 34.7 Å². The molecule has 0 atom stereocenters. The van der Waals surface area contributed by atoms with Gasteiger partial charge in [0, 0.05) is 13.1 Å². The zero-order valence-corrected chi connectivity index (χ0v) is 12.9. The fourth-order valence-electron chi connectivity index (χ4n) is 2.10. The summed E-state index contributed by atoms with van der Waals surface area (Å²) in [7, 11) is -4.37. The van der Waals surface area contributed by atoms with Gasteiger partial charge in [0.15, 0.2) is 0 Å². The Labute approximate surface area is 131 Å². The predicted molar refractivity (Wildman–Crippen MR) is 77.2 cm³/mol. The summed E-state index contributed by atoms with van der Waals surface area (Å²) < 4.78 is 65.6. The van der Waals surface area contributed by atoms with Gasteiger partial charge < -0.3 is 5.32 Å². The van der Waals surface area contributed by atoms with Crippen molar-refractivity contribution in [3.05, 3.63) is 40.4 Å². The number of benzene rings is 1. The molecule has 0 radical (unpaired) electrons. The van der Waals surface area contributed by atoms with Gasteiger partial charge in [-0.05, 0) is 25.1 Å². The molecule has 0 amide bonds. The summed E-state index contributed by atoms with van der Waals surface area (Å²) in [6.45, 7) is 1.27. The molecule has 22 heavy (non-hydrogen) atoms. The Kier molecular flexibility index (Phi) is 5.16. The van der Waals surface area contributed by atoms with Crippen molar-refractivity contribution in [2.24, 2.45) is 0 Å². The van der Waals surface area contributed by atoms with Gasteiger partial charge in [-0.15, -0.1) is 0 Å². The zero-order chi connectivity index (χ0) is 16.4. The molecule has 0 aliphatic carbocycles. The summed E-state index contributed by atoms with van der Waals surface area (Å²) in [6, 6.07) is 2.89. The van der Waals surface area contributed by atoms with E-state index < -0.39 is 31.7 Å². The maximum Gasteiger partial charge on any atom is 0.417 e. The van der Waals surface area contributed by atoms with Crippen molar-refractivity contribution in [1.29, 1.82) is 0 Å². The number of alkyl halides is 3. The second-order valence-corrected chi connectivity index (χ2v) is 6.87. The van der Waals surface area contributed by atoms with Gasteiger partial charge in [0.05, 0.1) is 10.6 Å². The molecule has 0 unspecified atom stereocenters. The lowest BCUT2D eigenvalue weighted by Crippen LogP contribution is -2.31. The van der Waals surface area contributed by atoms with Gasteiger partial charge in [0.2, 0.25) is 10.0 Å². The molecule has 4 nitrogen and oxygen atoms in total. The molecule has 1 aliphatic heterocycles. The molecule has 1 aliphatic rings. The third-order valence-corrected chi connectivity index (χ3v) is 5.12. The van der Waals surface area contributed by atoms with E-state index in [1.54, 1.807) is 0 Å². The maximum absolute atomic E-state index is 13.0. The Morgan fingerprint density at radius 1 is 1.32 bits per heavy atom. The minimum Gasteiger partial charge on any atom is -0.313 e. The van der Waals surface area contributed by atoms with Crippen LogP contribution in [0.1, 0.15) is 12.0 Å². The summed E-state index contributed by atoms with van der Waals surface area (Å²) in [4.78, 5) is -0.932. The molecule has 2 N–H and O–H groups in total. The predicted octanol–water partition coefficient (Wildman–Crippen LogP) is 2.56. The summed E-state index contributed by atoms with van der Waals surface area (Å²) in [5, 5.41) is 2.60. The van der Waals surface area contributed by atoms with Crippen LogP contribution in [0, 0.1) is 0 Å². The number of halogens is 4. The molecular formula is C13H14ClF3N2O2S. The lowest BCUT2D eigenvalue weighted by Gasteiger charge is -2.17. The minimum absolute atomic E-state index is 0.0352. The van der Waals surface area contributed by atoms with E-state index in [-0.39, 0.29) is 6.54 Å². The highest BCUT2D eigenvalue weighted by Crippen LogP contribution is 2.37. The second kappa shape index (κ2) is 6.57. The average molecular weight is 355 g/mol. The van der Waals surface area contributed by atoms with Crippen molar-refractivity contribution >= 4 is 21.6 Å². The number of nitrogens with one attached hydrogen (secondary N) is 2. The van der Waals surface area contributed by atoms with Crippen LogP contribution in [0.3, 0.4) is 0 Å². The van der Waals surface area contributed by atoms with Crippen LogP contribution in [0.2, 0.25) is 5.02 Å². The molecule has 2 rings (SSSR count). The molecule has 0 saturated heterocycles. The number of sulfonamides is 1. The Morgan fingerprint density at radius 3 is 2.64 bits per heavy atom. The molecular weight excluding hydrogens is 341 g/mol. The van der Waals surface area contributed by atoms with Crippen LogP contribution in [0.5, 0.6) is 0 Å². The van der Waals surface area contributed by atoms with E-state index >= 15 is 0 Å². The summed E-state index contributed by atoms with van der Waals surface area (Å²) in [5.41, 5.74) is -0.449. The quantitative estimate of drug-likeness (QED) is 0.817. The monoisotopic (exact) mass is 354 g/mol. The lowest BCUT2D eigenvalue weighted by atomic mass is 10.1. The summed E-state index contributed by atoms with van der Waals surface area (Å²) >= 11 is 5.70. The molecule has 1 aromatic rings. The average Bonchev–Trinajstić information content (AvgIpc) is 2.45. The van der Waals surface area contributed by atoms with Gasteiger partial charge in [-0.3, -0.25) is 0 Å². The van der Waals surface area contributed by atoms with Crippen LogP contribution >= 0.6 is 11.6 Å². The van der Waals surface area contributed by atoms with E-state index in [0.717, 1.165) is 17.7 Å². The fraction of sp³-hybridized carbons (Fsp3) is 0.385. The molecule has 9 heteroatoms. The molecule has 0 aromatic heterocycles. The second-order valence-electron chi connectivity index (χ2n) is 4.76. The van der Waals surface area contributed by atoms with Crippen molar-refractivity contribution in [3.63, 3.8) is 0 Å². The van der Waals surface area contributed by atoms with E-state index in [0.29, 0.717) is 25.6 Å². The van der Waals surface area contributed by atoms with E-state index in [2.05, 4.69) is 10.0 Å². The van der Waals surface area contributed by atoms with Crippen LogP contribution in [0.4, 0.5) is 13.2 Å². The number of hydrogen-bond acceptors (Lipinski definition) is 3. The zero-order valence-electron chi connectivity index (χ0n) is 11.4. The van der Waals surface area contributed by atoms with Gasteiger partial charge in [0.25, 0.3) is 0 Å². The van der Waals surface area contributed by atoms with E-state index in [9.17, 15) is 21.6 Å². The van der Waals surface area contributed by atoms with E-state index in [1.807, 2.05) is 6.08 Å². The van der Waals surface area contributed by atoms with Gasteiger partial charge in [-0.25, -0.2) is 13.1 Å². The molecule has 1 aromatic carbocycles. The fourth-order valence-corrected chi connectivity index (χ4v) is 3.89. The summed E-state index contributed by atoms with van der Waals surface area (Å²) in [5.74, 6) is 0. The first-order valence-electron chi connectivity index (χ1n) is 6.46. The van der Waals surface area contributed by atoms with Gasteiger partial charge in [-0.2, -0.15) is 13.2 Å². The molecule has 0 spiro atoms. The van der Waals surface area contributed by atoms with Gasteiger partial charge >= 0.3 is 6.18 Å². The van der Waals surface area contributed by atoms with Crippen molar-refractivity contribution in [2.75, 3.05) is 19.6 Å². The molecule has 0 saturated carbocycles. The van der Waals surface area contributed by atoms with Crippen LogP contribution in [-0.2, 0) is 16.2 Å². The largest absolute Gasteiger partial charge is 0.417 e. The minimum atomic E-state index is -4.80. The molecule has 0 bridgehead atoms. The van der Waals surface area contributed by atoms with Gasteiger partial charge in [0.1, 0.15) is 4.90 Å². The van der Waals surface area contributed by atoms with Crippen LogP contribution < -0.4 is 10.0 Å². The van der Waals surface area contributed by atoms with E-state index in [1.165, 1.54) is 0 Å². The Hall–Kier alpha value is -1.09. The van der Waals surface area contributed by atoms with E-state index in [4.69, 9.17) is 11.6 Å². The maximum atomic E-state index is 13.0. The topological polar surface area (TPSA) is 58.2 Å². The number of hydrogen-bond donors (Lipinski definition) is 2. The standard InChI is InChI=1S/C13H14ClF3N2O2S/c14-11-3-1-2-10(13(15,16)17)12(11)22(20,21)19-8-9-4-6-18-7-5-9/h1-4,18-19H,5-8H2. The first-order chi connectivity index (χ1) is 10.2. The Balaban J connectivity index is 2.31. The van der Waals surface area contributed by atoms with Crippen molar-refractivity contribution in [2.45, 2.75) is 17.5 Å². The Morgan fingerprint density at radius 2 is 2.05 bits per heavy atom. The number of rotatable bonds is 4. The third-order valence-electron chi connectivity index (χ3n) is 3.19. The first kappa shape index (κ1) is 17.3. The van der Waals surface area contributed by atoms with Crippen LogP contribution in [-0.4, -0.2) is 28.1 Å².